The zero-order chi connectivity index (χ0) is 16.9. The summed E-state index contributed by atoms with van der Waals surface area (Å²) >= 11 is 0. The molecule has 0 saturated carbocycles. The standard InChI is InChI=1S/C21H22N2O/c1-3-15(2)16-11-13-18(14-12-16)22-21(24)23-20-10-6-8-17-7-4-5-9-19(17)20/h4-15H,3H2,1-2H3,(H2,22,23,24)/t15-/m1/s1. The van der Waals surface area contributed by atoms with Crippen LogP contribution >= 0.6 is 0 Å². The van der Waals surface area contributed by atoms with Gasteiger partial charge in [0.25, 0.3) is 0 Å². The molecule has 0 aromatic heterocycles. The summed E-state index contributed by atoms with van der Waals surface area (Å²) in [4.78, 5) is 12.3. The number of amides is 2. The second-order valence-corrected chi connectivity index (χ2v) is 6.04. The SMILES string of the molecule is CC[C@@H](C)c1ccc(NC(=O)Nc2cccc3ccccc23)cc1. The second kappa shape index (κ2) is 7.18. The van der Waals surface area contributed by atoms with E-state index in [1.54, 1.807) is 0 Å². The Morgan fingerprint density at radius 2 is 1.62 bits per heavy atom. The number of nitrogens with one attached hydrogen (secondary N) is 2. The highest BCUT2D eigenvalue weighted by Crippen LogP contribution is 2.24. The molecule has 0 aliphatic carbocycles. The van der Waals surface area contributed by atoms with Gasteiger partial charge in [-0.25, -0.2) is 4.79 Å². The van der Waals surface area contributed by atoms with Gasteiger partial charge in [0, 0.05) is 11.1 Å². The summed E-state index contributed by atoms with van der Waals surface area (Å²) in [5, 5.41) is 7.96. The minimum absolute atomic E-state index is 0.234. The quantitative estimate of drug-likeness (QED) is 0.609. The van der Waals surface area contributed by atoms with Crippen molar-refractivity contribution in [2.75, 3.05) is 10.6 Å². The largest absolute Gasteiger partial charge is 0.323 e. The highest BCUT2D eigenvalue weighted by Gasteiger charge is 2.07. The number of carbonyl (C=O) groups is 1. The molecule has 0 fully saturated rings. The molecule has 3 nitrogen and oxygen atoms in total. The molecule has 3 heteroatoms. The number of fused-ring (bicyclic) bond motifs is 1. The fourth-order valence-corrected chi connectivity index (χ4v) is 2.75. The summed E-state index contributed by atoms with van der Waals surface area (Å²) in [6.45, 7) is 4.38. The lowest BCUT2D eigenvalue weighted by molar-refractivity contribution is 0.262. The maximum atomic E-state index is 12.3. The molecule has 0 radical (unpaired) electrons. The third-order valence-electron chi connectivity index (χ3n) is 4.39. The van der Waals surface area contributed by atoms with Crippen LogP contribution in [0.4, 0.5) is 16.2 Å². The van der Waals surface area contributed by atoms with Gasteiger partial charge in [-0.2, -0.15) is 0 Å². The highest BCUT2D eigenvalue weighted by atomic mass is 16.2. The molecule has 3 aromatic rings. The van der Waals surface area contributed by atoms with Crippen LogP contribution in [0.1, 0.15) is 31.7 Å². The average Bonchev–Trinajstić information content (AvgIpc) is 2.62. The summed E-state index contributed by atoms with van der Waals surface area (Å²) in [5.41, 5.74) is 2.89. The monoisotopic (exact) mass is 318 g/mol. The van der Waals surface area contributed by atoms with Crippen molar-refractivity contribution in [3.8, 4) is 0 Å². The predicted octanol–water partition coefficient (Wildman–Crippen LogP) is 6.00. The molecule has 0 spiro atoms. The van der Waals surface area contributed by atoms with Crippen LogP contribution in [0.25, 0.3) is 10.8 Å². The van der Waals surface area contributed by atoms with E-state index in [1.165, 1.54) is 5.56 Å². The number of anilines is 2. The number of benzene rings is 3. The Hall–Kier alpha value is -2.81. The van der Waals surface area contributed by atoms with Crippen LogP contribution in [0.3, 0.4) is 0 Å². The van der Waals surface area contributed by atoms with Gasteiger partial charge in [0.15, 0.2) is 0 Å². The van der Waals surface area contributed by atoms with Crippen molar-refractivity contribution in [2.45, 2.75) is 26.2 Å². The minimum atomic E-state index is -0.234. The lowest BCUT2D eigenvalue weighted by atomic mass is 9.99. The maximum absolute atomic E-state index is 12.3. The van der Waals surface area contributed by atoms with E-state index in [0.29, 0.717) is 5.92 Å². The van der Waals surface area contributed by atoms with Gasteiger partial charge in [0.2, 0.25) is 0 Å². The fraction of sp³-hybridized carbons (Fsp3) is 0.190. The first-order valence-corrected chi connectivity index (χ1v) is 8.33. The Kier molecular flexibility index (Phi) is 4.80. The molecule has 3 aromatic carbocycles. The van der Waals surface area contributed by atoms with Crippen LogP contribution in [0.15, 0.2) is 66.7 Å². The van der Waals surface area contributed by atoms with Crippen molar-refractivity contribution in [3.63, 3.8) is 0 Å². The Bertz CT molecular complexity index is 835. The zero-order valence-electron chi connectivity index (χ0n) is 14.0. The van der Waals surface area contributed by atoms with E-state index in [1.807, 2.05) is 54.6 Å². The number of hydrogen-bond donors (Lipinski definition) is 2. The van der Waals surface area contributed by atoms with Gasteiger partial charge >= 0.3 is 6.03 Å². The van der Waals surface area contributed by atoms with Crippen molar-refractivity contribution in [1.29, 1.82) is 0 Å². The average molecular weight is 318 g/mol. The molecule has 24 heavy (non-hydrogen) atoms. The number of hydrogen-bond acceptors (Lipinski definition) is 1. The Morgan fingerprint density at radius 3 is 2.38 bits per heavy atom. The number of carbonyl (C=O) groups excluding carboxylic acids is 1. The van der Waals surface area contributed by atoms with Gasteiger partial charge in [-0.3, -0.25) is 0 Å². The van der Waals surface area contributed by atoms with Gasteiger partial charge in [0.1, 0.15) is 0 Å². The van der Waals surface area contributed by atoms with Crippen LogP contribution in [0, 0.1) is 0 Å². The first-order valence-electron chi connectivity index (χ1n) is 8.33. The second-order valence-electron chi connectivity index (χ2n) is 6.04. The molecule has 122 valence electrons. The smallest absolute Gasteiger partial charge is 0.308 e. The molecular weight excluding hydrogens is 296 g/mol. The van der Waals surface area contributed by atoms with E-state index < -0.39 is 0 Å². The van der Waals surface area contributed by atoms with Gasteiger partial charge in [-0.05, 0) is 41.5 Å². The summed E-state index contributed by atoms with van der Waals surface area (Å²) < 4.78 is 0. The molecule has 3 rings (SSSR count). The van der Waals surface area contributed by atoms with E-state index in [9.17, 15) is 4.79 Å². The van der Waals surface area contributed by atoms with Crippen molar-refractivity contribution >= 4 is 28.2 Å². The molecule has 0 unspecified atom stereocenters. The normalized spacial score (nSPS) is 11.9. The molecule has 0 saturated heterocycles. The fourth-order valence-electron chi connectivity index (χ4n) is 2.75. The highest BCUT2D eigenvalue weighted by molar-refractivity contribution is 6.06. The topological polar surface area (TPSA) is 41.1 Å². The molecule has 1 atom stereocenters. The van der Waals surface area contributed by atoms with E-state index in [-0.39, 0.29) is 6.03 Å². The van der Waals surface area contributed by atoms with Crippen LogP contribution < -0.4 is 10.6 Å². The summed E-state index contributed by atoms with van der Waals surface area (Å²) in [6.07, 6.45) is 1.11. The van der Waals surface area contributed by atoms with Crippen LogP contribution in [0.5, 0.6) is 0 Å². The maximum Gasteiger partial charge on any atom is 0.323 e. The van der Waals surface area contributed by atoms with Crippen molar-refractivity contribution in [3.05, 3.63) is 72.3 Å². The third kappa shape index (κ3) is 3.57. The van der Waals surface area contributed by atoms with E-state index in [0.717, 1.165) is 28.6 Å². The molecule has 2 N–H and O–H groups in total. The van der Waals surface area contributed by atoms with E-state index >= 15 is 0 Å². The van der Waals surface area contributed by atoms with Gasteiger partial charge in [0.05, 0.1) is 5.69 Å². The molecule has 0 bridgehead atoms. The van der Waals surface area contributed by atoms with Crippen LogP contribution in [-0.2, 0) is 0 Å². The Labute approximate surface area is 142 Å². The van der Waals surface area contributed by atoms with E-state index in [4.69, 9.17) is 0 Å². The Balaban J connectivity index is 1.71. The van der Waals surface area contributed by atoms with Crippen LogP contribution in [0.2, 0.25) is 0 Å². The van der Waals surface area contributed by atoms with Crippen molar-refractivity contribution in [1.82, 2.24) is 0 Å². The molecular formula is C21H22N2O. The first kappa shape index (κ1) is 16.1. The minimum Gasteiger partial charge on any atom is -0.308 e. The van der Waals surface area contributed by atoms with Crippen LogP contribution in [-0.4, -0.2) is 6.03 Å². The summed E-state index contributed by atoms with van der Waals surface area (Å²) in [6, 6.07) is 21.7. The lowest BCUT2D eigenvalue weighted by Crippen LogP contribution is -2.19. The van der Waals surface area contributed by atoms with Gasteiger partial charge in [-0.15, -0.1) is 0 Å². The number of rotatable bonds is 4. The summed E-state index contributed by atoms with van der Waals surface area (Å²) in [7, 11) is 0. The van der Waals surface area contributed by atoms with Gasteiger partial charge < -0.3 is 10.6 Å². The molecule has 2 amide bonds. The lowest BCUT2D eigenvalue weighted by Gasteiger charge is -2.12. The molecule has 0 aliphatic heterocycles. The molecule has 0 heterocycles. The molecule has 0 aliphatic rings. The number of urea groups is 1. The third-order valence-corrected chi connectivity index (χ3v) is 4.39. The van der Waals surface area contributed by atoms with Crippen molar-refractivity contribution in [2.24, 2.45) is 0 Å². The van der Waals surface area contributed by atoms with Gasteiger partial charge in [-0.1, -0.05) is 62.4 Å². The Morgan fingerprint density at radius 1 is 0.917 bits per heavy atom. The summed E-state index contributed by atoms with van der Waals surface area (Å²) in [5.74, 6) is 0.531. The zero-order valence-corrected chi connectivity index (χ0v) is 14.0. The first-order chi connectivity index (χ1) is 11.7. The van der Waals surface area contributed by atoms with Crippen molar-refractivity contribution < 1.29 is 4.79 Å². The predicted molar refractivity (Wildman–Crippen MR) is 102 cm³/mol. The van der Waals surface area contributed by atoms with E-state index in [2.05, 4.69) is 36.6 Å².